The van der Waals surface area contributed by atoms with Crippen molar-refractivity contribution in [3.05, 3.63) is 24.4 Å². The van der Waals surface area contributed by atoms with Crippen molar-refractivity contribution in [1.29, 1.82) is 0 Å². The number of piperazine rings is 1. The molecular weight excluding hydrogens is 462 g/mol. The lowest BCUT2D eigenvalue weighted by atomic mass is 10.1. The van der Waals surface area contributed by atoms with E-state index in [0.717, 1.165) is 16.4 Å². The number of aromatic nitrogens is 1. The maximum atomic E-state index is 12.9. The van der Waals surface area contributed by atoms with E-state index in [4.69, 9.17) is 10.5 Å². The van der Waals surface area contributed by atoms with Gasteiger partial charge in [-0.05, 0) is 46.8 Å². The highest BCUT2D eigenvalue weighted by atomic mass is 32.2. The van der Waals surface area contributed by atoms with Gasteiger partial charge in [0.15, 0.2) is 5.13 Å². The van der Waals surface area contributed by atoms with Crippen LogP contribution in [0.4, 0.5) is 10.8 Å². The highest BCUT2D eigenvalue weighted by Crippen LogP contribution is 2.36. The number of nitrogen functional groups attached to an aromatic ring is 1. The Labute approximate surface area is 201 Å². The number of anilines is 2. The van der Waals surface area contributed by atoms with Crippen molar-refractivity contribution in [3.8, 4) is 10.4 Å². The first kappa shape index (κ1) is 27.0. The SMILES string of the molecule is CC(C)(C)NS(=O)(=O)c1cc(N)ccc1-c1cnc(N2CCN(C=O)CC2)s1.COC(C)C. The van der Waals surface area contributed by atoms with Crippen molar-refractivity contribution in [2.24, 2.45) is 0 Å². The maximum absolute atomic E-state index is 12.9. The Morgan fingerprint density at radius 2 is 1.82 bits per heavy atom. The third-order valence-corrected chi connectivity index (χ3v) is 7.59. The molecule has 0 spiro atoms. The molecule has 3 N–H and O–H groups in total. The predicted molar refractivity (Wildman–Crippen MR) is 134 cm³/mol. The Morgan fingerprint density at radius 1 is 1.21 bits per heavy atom. The topological polar surface area (TPSA) is 118 Å². The van der Waals surface area contributed by atoms with Crippen molar-refractivity contribution in [2.45, 2.75) is 51.2 Å². The standard InChI is InChI=1S/C18H25N5O3S2.C4H10O/c1-18(2,3)21-28(25,26)16-10-13(19)4-5-14(16)15-11-20-17(27-15)23-8-6-22(12-24)7-9-23;1-4(2)5-3/h4-5,10-12,21H,6-9,19H2,1-3H3;4H,1-3H3. The summed E-state index contributed by atoms with van der Waals surface area (Å²) in [6, 6.07) is 4.88. The number of hydrogen-bond acceptors (Lipinski definition) is 8. The van der Waals surface area contributed by atoms with Gasteiger partial charge in [-0.1, -0.05) is 17.4 Å². The van der Waals surface area contributed by atoms with E-state index in [1.165, 1.54) is 17.4 Å². The molecule has 0 radical (unpaired) electrons. The molecule has 0 unspecified atom stereocenters. The average molecular weight is 498 g/mol. The number of nitrogens with two attached hydrogens (primary N) is 1. The molecule has 1 aromatic heterocycles. The molecule has 2 heterocycles. The summed E-state index contributed by atoms with van der Waals surface area (Å²) >= 11 is 1.43. The number of nitrogens with zero attached hydrogens (tertiary/aromatic N) is 3. The van der Waals surface area contributed by atoms with Crippen LogP contribution in [0.15, 0.2) is 29.3 Å². The van der Waals surface area contributed by atoms with Crippen molar-refractivity contribution in [3.63, 3.8) is 0 Å². The quantitative estimate of drug-likeness (QED) is 0.465. The first-order valence-electron chi connectivity index (χ1n) is 10.7. The molecule has 0 bridgehead atoms. The van der Waals surface area contributed by atoms with Crippen molar-refractivity contribution in [1.82, 2.24) is 14.6 Å². The number of sulfonamides is 1. The summed E-state index contributed by atoms with van der Waals surface area (Å²) < 4.78 is 33.3. The predicted octanol–water partition coefficient (Wildman–Crippen LogP) is 2.79. The smallest absolute Gasteiger partial charge is 0.241 e. The van der Waals surface area contributed by atoms with Crippen molar-refractivity contribution >= 4 is 38.6 Å². The van der Waals surface area contributed by atoms with E-state index in [9.17, 15) is 13.2 Å². The molecule has 0 saturated carbocycles. The molecule has 3 rings (SSSR count). The maximum Gasteiger partial charge on any atom is 0.241 e. The van der Waals surface area contributed by atoms with Gasteiger partial charge in [-0.15, -0.1) is 0 Å². The van der Waals surface area contributed by atoms with E-state index < -0.39 is 15.6 Å². The zero-order chi connectivity index (χ0) is 24.8. The second kappa shape index (κ2) is 11.3. The van der Waals surface area contributed by atoms with Crippen LogP contribution in [0.3, 0.4) is 0 Å². The molecule has 33 heavy (non-hydrogen) atoms. The Bertz CT molecular complexity index is 1020. The highest BCUT2D eigenvalue weighted by Gasteiger charge is 2.27. The largest absolute Gasteiger partial charge is 0.399 e. The molecular formula is C22H35N5O4S2. The van der Waals surface area contributed by atoms with E-state index in [1.807, 2.05) is 13.8 Å². The number of amides is 1. The molecule has 11 heteroatoms. The minimum Gasteiger partial charge on any atom is -0.399 e. The van der Waals surface area contributed by atoms with Crippen molar-refractivity contribution < 1.29 is 17.9 Å². The van der Waals surface area contributed by atoms with E-state index in [2.05, 4.69) is 14.6 Å². The molecule has 0 atom stereocenters. The summed E-state index contributed by atoms with van der Waals surface area (Å²) in [5.41, 5.74) is 6.21. The second-order valence-electron chi connectivity index (χ2n) is 9.03. The molecule has 184 valence electrons. The summed E-state index contributed by atoms with van der Waals surface area (Å²) in [5, 5.41) is 0.810. The molecule has 1 aromatic carbocycles. The molecule has 2 aromatic rings. The van der Waals surface area contributed by atoms with Gasteiger partial charge in [0.25, 0.3) is 0 Å². The lowest BCUT2D eigenvalue weighted by Crippen LogP contribution is -2.45. The number of benzene rings is 1. The minimum absolute atomic E-state index is 0.142. The number of nitrogens with one attached hydrogen (secondary N) is 1. The number of hydrogen-bond donors (Lipinski definition) is 2. The molecule has 1 aliphatic rings. The summed E-state index contributed by atoms with van der Waals surface area (Å²) in [5.74, 6) is 0. The Kier molecular flexibility index (Phi) is 9.24. The van der Waals surface area contributed by atoms with Crippen LogP contribution in [0, 0.1) is 0 Å². The third-order valence-electron chi connectivity index (χ3n) is 4.70. The van der Waals surface area contributed by atoms with Crippen molar-refractivity contribution in [2.75, 3.05) is 43.9 Å². The molecule has 1 aliphatic heterocycles. The minimum atomic E-state index is -3.76. The number of rotatable bonds is 6. The van der Waals surface area contributed by atoms with E-state index >= 15 is 0 Å². The normalized spacial score (nSPS) is 14.8. The van der Waals surface area contributed by atoms with Gasteiger partial charge >= 0.3 is 0 Å². The van der Waals surface area contributed by atoms with Crippen LogP contribution in [-0.4, -0.2) is 69.6 Å². The molecule has 1 saturated heterocycles. The Balaban J connectivity index is 0.000000696. The summed E-state index contributed by atoms with van der Waals surface area (Å²) in [4.78, 5) is 20.1. The summed E-state index contributed by atoms with van der Waals surface area (Å²) in [6.07, 6.45) is 2.93. The molecule has 1 fully saturated rings. The number of methoxy groups -OCH3 is 1. The van der Waals surface area contributed by atoms with Crippen LogP contribution in [0.2, 0.25) is 0 Å². The number of ether oxygens (including phenoxy) is 1. The zero-order valence-corrected chi connectivity index (χ0v) is 21.8. The van der Waals surface area contributed by atoms with Gasteiger partial charge in [-0.3, -0.25) is 4.79 Å². The van der Waals surface area contributed by atoms with Crippen LogP contribution >= 0.6 is 11.3 Å². The zero-order valence-electron chi connectivity index (χ0n) is 20.2. The fraction of sp³-hybridized carbons (Fsp3) is 0.545. The number of thiazole rings is 1. The highest BCUT2D eigenvalue weighted by molar-refractivity contribution is 7.89. The average Bonchev–Trinajstić information content (AvgIpc) is 3.22. The second-order valence-corrected chi connectivity index (χ2v) is 11.7. The first-order chi connectivity index (χ1) is 15.4. The Morgan fingerprint density at radius 3 is 2.33 bits per heavy atom. The van der Waals surface area contributed by atoms with Gasteiger partial charge in [0.1, 0.15) is 0 Å². The summed E-state index contributed by atoms with van der Waals surface area (Å²) in [7, 11) is -2.06. The van der Waals surface area contributed by atoms with Gasteiger partial charge in [0.2, 0.25) is 16.4 Å². The monoisotopic (exact) mass is 497 g/mol. The molecule has 0 aliphatic carbocycles. The van der Waals surface area contributed by atoms with Gasteiger partial charge in [0.05, 0.1) is 15.9 Å². The third kappa shape index (κ3) is 7.95. The molecule has 1 amide bonds. The van der Waals surface area contributed by atoms with Crippen LogP contribution in [-0.2, 0) is 19.6 Å². The van der Waals surface area contributed by atoms with Crippen LogP contribution < -0.4 is 15.4 Å². The number of carbonyl (C=O) groups is 1. The van der Waals surface area contributed by atoms with Gasteiger partial charge in [-0.25, -0.2) is 18.1 Å². The number of carbonyl (C=O) groups excluding carboxylic acids is 1. The van der Waals surface area contributed by atoms with Crippen LogP contribution in [0.1, 0.15) is 34.6 Å². The van der Waals surface area contributed by atoms with Crippen LogP contribution in [0.5, 0.6) is 0 Å². The van der Waals surface area contributed by atoms with E-state index in [-0.39, 0.29) is 4.90 Å². The van der Waals surface area contributed by atoms with E-state index in [0.29, 0.717) is 43.5 Å². The fourth-order valence-corrected chi connectivity index (χ4v) is 5.72. The lowest BCUT2D eigenvalue weighted by Gasteiger charge is -2.32. The Hall–Kier alpha value is -2.21. The lowest BCUT2D eigenvalue weighted by molar-refractivity contribution is -0.118. The first-order valence-corrected chi connectivity index (χ1v) is 13.0. The fourth-order valence-electron chi connectivity index (χ4n) is 2.98. The summed E-state index contributed by atoms with van der Waals surface area (Å²) in [6.45, 7) is 12.1. The van der Waals surface area contributed by atoms with Gasteiger partial charge in [-0.2, -0.15) is 0 Å². The van der Waals surface area contributed by atoms with Gasteiger partial charge < -0.3 is 20.3 Å². The van der Waals surface area contributed by atoms with Gasteiger partial charge in [0, 0.05) is 56.3 Å². The molecule has 9 nitrogen and oxygen atoms in total. The van der Waals surface area contributed by atoms with Crippen LogP contribution in [0.25, 0.3) is 10.4 Å². The van der Waals surface area contributed by atoms with E-state index in [1.54, 1.807) is 51.1 Å².